The van der Waals surface area contributed by atoms with Gasteiger partial charge in [0.05, 0.1) is 33.0 Å². The van der Waals surface area contributed by atoms with Crippen LogP contribution >= 0.6 is 0 Å². The predicted octanol–water partition coefficient (Wildman–Crippen LogP) is 9.41. The van der Waals surface area contributed by atoms with Gasteiger partial charge in [-0.05, 0) is 82.5 Å². The van der Waals surface area contributed by atoms with Gasteiger partial charge < -0.3 is 33.7 Å². The second-order valence-electron chi connectivity index (χ2n) is 16.9. The van der Waals surface area contributed by atoms with Crippen molar-refractivity contribution in [1.29, 1.82) is 0 Å². The van der Waals surface area contributed by atoms with Gasteiger partial charge in [-0.25, -0.2) is 4.79 Å². The van der Waals surface area contributed by atoms with Crippen molar-refractivity contribution in [2.75, 3.05) is 39.5 Å². The number of carbonyl (C=O) groups excluding carboxylic acids is 2. The number of amides is 2. The zero-order chi connectivity index (χ0) is 39.8. The maximum Gasteiger partial charge on any atom is 0.407 e. The van der Waals surface area contributed by atoms with E-state index >= 15 is 0 Å². The van der Waals surface area contributed by atoms with Crippen LogP contribution in [-0.4, -0.2) is 68.2 Å². The SMILES string of the molecule is CC(C)(C)[Si](C)(C)OCc1ccc(-c2ccc(CO[Si](C)(C)C(C)(C)C)c(CCCNC(=O)COCCOCCNC(=O)OCc3ccccc3)c2)cc1. The highest BCUT2D eigenvalue weighted by Crippen LogP contribution is 2.38. The number of alkyl carbamates (subject to hydrolysis) is 1. The topological polar surface area (TPSA) is 104 Å². The number of nitrogens with one attached hydrogen (secondary N) is 2. The molecule has 3 aromatic carbocycles. The molecule has 0 fully saturated rings. The van der Waals surface area contributed by atoms with Gasteiger partial charge in [0, 0.05) is 13.1 Å². The second-order valence-corrected chi connectivity index (χ2v) is 26.5. The fraction of sp³-hybridized carbons (Fsp3) is 0.535. The van der Waals surface area contributed by atoms with Crippen molar-refractivity contribution < 1.29 is 32.7 Å². The van der Waals surface area contributed by atoms with Crippen LogP contribution in [0, 0.1) is 0 Å². The summed E-state index contributed by atoms with van der Waals surface area (Å²) >= 11 is 0. The Hall–Kier alpha value is -3.33. The van der Waals surface area contributed by atoms with Crippen molar-refractivity contribution >= 4 is 28.6 Å². The average Bonchev–Trinajstić information content (AvgIpc) is 3.12. The summed E-state index contributed by atoms with van der Waals surface area (Å²) in [6.07, 6.45) is 1.11. The highest BCUT2D eigenvalue weighted by molar-refractivity contribution is 6.74. The number of aryl methyl sites for hydroxylation is 1. The summed E-state index contributed by atoms with van der Waals surface area (Å²) in [6.45, 7) is 25.9. The van der Waals surface area contributed by atoms with Crippen molar-refractivity contribution in [3.05, 3.63) is 95.1 Å². The van der Waals surface area contributed by atoms with E-state index in [1.54, 1.807) is 0 Å². The molecule has 0 unspecified atom stereocenters. The first kappa shape index (κ1) is 45.1. The minimum atomic E-state index is -1.94. The summed E-state index contributed by atoms with van der Waals surface area (Å²) in [6, 6.07) is 24.9. The highest BCUT2D eigenvalue weighted by atomic mass is 28.4. The maximum absolute atomic E-state index is 12.5. The molecule has 0 spiro atoms. The van der Waals surface area contributed by atoms with E-state index in [0.29, 0.717) is 39.5 Å². The van der Waals surface area contributed by atoms with Crippen LogP contribution in [0.15, 0.2) is 72.8 Å². The van der Waals surface area contributed by atoms with Gasteiger partial charge in [-0.3, -0.25) is 4.79 Å². The van der Waals surface area contributed by atoms with Crippen LogP contribution in [0.25, 0.3) is 11.1 Å². The zero-order valence-electron chi connectivity index (χ0n) is 34.6. The Kier molecular flexibility index (Phi) is 17.6. The largest absolute Gasteiger partial charge is 0.445 e. The molecule has 0 heterocycles. The van der Waals surface area contributed by atoms with E-state index in [0.717, 1.165) is 29.5 Å². The number of ether oxygens (including phenoxy) is 3. The zero-order valence-corrected chi connectivity index (χ0v) is 36.6. The Bertz CT molecular complexity index is 1580. The van der Waals surface area contributed by atoms with E-state index in [2.05, 4.69) is 121 Å². The number of hydrogen-bond donors (Lipinski definition) is 2. The Balaban J connectivity index is 1.44. The standard InChI is InChI=1S/C43H66N2O7Si2/c1-42(2,3)53(7,8)51-31-35-18-20-36(21-19-35)38-22-23-39(32-52-54(9,10)43(4,5)6)37(29-38)17-14-24-44-40(46)33-49-28-27-48-26-25-45-41(47)50-30-34-15-12-11-13-16-34/h11-13,15-16,18-23,29H,14,17,24-28,30-33H2,1-10H3,(H,44,46)(H,45,47). The van der Waals surface area contributed by atoms with Gasteiger partial charge in [-0.15, -0.1) is 0 Å². The van der Waals surface area contributed by atoms with Crippen LogP contribution in [0.3, 0.4) is 0 Å². The van der Waals surface area contributed by atoms with Crippen molar-refractivity contribution in [3.63, 3.8) is 0 Å². The maximum atomic E-state index is 12.5. The lowest BCUT2D eigenvalue weighted by Gasteiger charge is -2.36. The Labute approximate surface area is 327 Å². The molecule has 3 aromatic rings. The summed E-state index contributed by atoms with van der Waals surface area (Å²) in [4.78, 5) is 24.3. The smallest absolute Gasteiger partial charge is 0.407 e. The fourth-order valence-corrected chi connectivity index (χ4v) is 6.78. The van der Waals surface area contributed by atoms with Crippen LogP contribution in [0.1, 0.15) is 70.2 Å². The second kappa shape index (κ2) is 21.1. The minimum absolute atomic E-state index is 0.0363. The van der Waals surface area contributed by atoms with Crippen LogP contribution in [-0.2, 0) is 54.1 Å². The fourth-order valence-electron chi connectivity index (χ4n) is 4.87. The number of benzene rings is 3. The molecular formula is C43H66N2O7Si2. The monoisotopic (exact) mass is 778 g/mol. The molecule has 0 saturated carbocycles. The van der Waals surface area contributed by atoms with Gasteiger partial charge >= 0.3 is 6.09 Å². The third-order valence-electron chi connectivity index (χ3n) is 10.6. The Morgan fingerprint density at radius 3 is 1.85 bits per heavy atom. The molecule has 0 aliphatic carbocycles. The van der Waals surface area contributed by atoms with E-state index in [1.807, 2.05) is 30.3 Å². The lowest BCUT2D eigenvalue weighted by atomic mass is 9.96. The average molecular weight is 779 g/mol. The van der Waals surface area contributed by atoms with Gasteiger partial charge in [-0.2, -0.15) is 0 Å². The number of rotatable bonds is 21. The summed E-state index contributed by atoms with van der Waals surface area (Å²) in [5.74, 6) is -0.161. The first-order chi connectivity index (χ1) is 25.4. The molecule has 0 radical (unpaired) electrons. The number of carbonyl (C=O) groups is 2. The lowest BCUT2D eigenvalue weighted by molar-refractivity contribution is -0.126. The first-order valence-corrected chi connectivity index (χ1v) is 25.1. The van der Waals surface area contributed by atoms with E-state index in [1.165, 1.54) is 16.7 Å². The summed E-state index contributed by atoms with van der Waals surface area (Å²) in [7, 11) is -3.76. The highest BCUT2D eigenvalue weighted by Gasteiger charge is 2.38. The van der Waals surface area contributed by atoms with Crippen molar-refractivity contribution in [2.45, 2.75) is 110 Å². The molecule has 0 aliphatic rings. The Morgan fingerprint density at radius 2 is 1.20 bits per heavy atom. The quantitative estimate of drug-likeness (QED) is 0.0821. The molecule has 298 valence electrons. The predicted molar refractivity (Wildman–Crippen MR) is 223 cm³/mol. The summed E-state index contributed by atoms with van der Waals surface area (Å²) < 4.78 is 29.2. The van der Waals surface area contributed by atoms with Crippen LogP contribution in [0.2, 0.25) is 36.3 Å². The van der Waals surface area contributed by atoms with Crippen LogP contribution in [0.4, 0.5) is 4.79 Å². The molecule has 3 rings (SSSR count). The number of hydrogen-bond acceptors (Lipinski definition) is 7. The van der Waals surface area contributed by atoms with E-state index in [9.17, 15) is 9.59 Å². The van der Waals surface area contributed by atoms with Crippen LogP contribution < -0.4 is 10.6 Å². The van der Waals surface area contributed by atoms with E-state index in [-0.39, 0.29) is 35.8 Å². The van der Waals surface area contributed by atoms with Crippen molar-refractivity contribution in [3.8, 4) is 11.1 Å². The minimum Gasteiger partial charge on any atom is -0.445 e. The van der Waals surface area contributed by atoms with Crippen molar-refractivity contribution in [1.82, 2.24) is 10.6 Å². The third kappa shape index (κ3) is 15.4. The van der Waals surface area contributed by atoms with Crippen molar-refractivity contribution in [2.24, 2.45) is 0 Å². The van der Waals surface area contributed by atoms with Gasteiger partial charge in [0.15, 0.2) is 16.6 Å². The Morgan fingerprint density at radius 1 is 0.611 bits per heavy atom. The van der Waals surface area contributed by atoms with Gasteiger partial charge in [-0.1, -0.05) is 114 Å². The van der Waals surface area contributed by atoms with Gasteiger partial charge in [0.2, 0.25) is 5.91 Å². The molecular weight excluding hydrogens is 713 g/mol. The van der Waals surface area contributed by atoms with Gasteiger partial charge in [0.1, 0.15) is 13.2 Å². The summed E-state index contributed by atoms with van der Waals surface area (Å²) in [5, 5.41) is 5.93. The normalized spacial score (nSPS) is 12.4. The van der Waals surface area contributed by atoms with E-state index < -0.39 is 22.7 Å². The molecule has 0 atom stereocenters. The van der Waals surface area contributed by atoms with Crippen LogP contribution in [0.5, 0.6) is 0 Å². The first-order valence-electron chi connectivity index (χ1n) is 19.2. The molecule has 0 aliphatic heterocycles. The molecule has 0 bridgehead atoms. The molecule has 2 amide bonds. The van der Waals surface area contributed by atoms with E-state index in [4.69, 9.17) is 23.1 Å². The van der Waals surface area contributed by atoms with Gasteiger partial charge in [0.25, 0.3) is 0 Å². The molecule has 2 N–H and O–H groups in total. The molecule has 9 nitrogen and oxygen atoms in total. The molecule has 0 aromatic heterocycles. The molecule has 0 saturated heterocycles. The molecule has 11 heteroatoms. The summed E-state index contributed by atoms with van der Waals surface area (Å²) in [5.41, 5.74) is 6.86. The lowest BCUT2D eigenvalue weighted by Crippen LogP contribution is -2.40. The molecule has 54 heavy (non-hydrogen) atoms. The third-order valence-corrected chi connectivity index (χ3v) is 19.5.